The molecule has 0 unspecified atom stereocenters. The van der Waals surface area contributed by atoms with Crippen LogP contribution < -0.4 is 14.4 Å². The summed E-state index contributed by atoms with van der Waals surface area (Å²) in [5, 5.41) is 0.519. The van der Waals surface area contributed by atoms with Crippen LogP contribution in [0.5, 0.6) is 5.75 Å². The van der Waals surface area contributed by atoms with Gasteiger partial charge in [-0.25, -0.2) is 8.42 Å². The van der Waals surface area contributed by atoms with E-state index in [9.17, 15) is 13.2 Å². The van der Waals surface area contributed by atoms with Crippen molar-refractivity contribution in [3.8, 4) is 5.75 Å². The summed E-state index contributed by atoms with van der Waals surface area (Å²) in [6.45, 7) is 2.22. The van der Waals surface area contributed by atoms with Gasteiger partial charge in [-0.1, -0.05) is 27.5 Å². The third-order valence-electron chi connectivity index (χ3n) is 5.14. The number of sulfonamides is 1. The largest absolute Gasteiger partial charge is 0.483 e. The number of anilines is 2. The summed E-state index contributed by atoms with van der Waals surface area (Å²) < 4.78 is 34.6. The summed E-state index contributed by atoms with van der Waals surface area (Å²) in [5.74, 6) is 0.311. The zero-order valence-electron chi connectivity index (χ0n) is 17.1. The number of rotatable bonds is 6. The van der Waals surface area contributed by atoms with E-state index >= 15 is 0 Å². The van der Waals surface area contributed by atoms with Crippen molar-refractivity contribution in [1.82, 2.24) is 0 Å². The first-order valence-electron chi connectivity index (χ1n) is 9.83. The van der Waals surface area contributed by atoms with E-state index in [1.165, 1.54) is 12.1 Å². The predicted octanol–water partition coefficient (Wildman–Crippen LogP) is 5.18. The van der Waals surface area contributed by atoms with E-state index in [0.717, 1.165) is 22.1 Å². The standard InChI is InChI=1S/C23H20BrClN2O4S/c1-15-12-20(32(29,30)26-19-5-3-18(25)4-6-19)7-9-22(15)31-14-23(28)27-11-10-16-13-17(24)2-8-21(16)27/h2-9,12-13,26H,10-11,14H2,1H3. The summed E-state index contributed by atoms with van der Waals surface area (Å²) in [5.41, 5.74) is 3.04. The smallest absolute Gasteiger partial charge is 0.264 e. The molecule has 0 radical (unpaired) electrons. The summed E-state index contributed by atoms with van der Waals surface area (Å²) in [4.78, 5) is 14.5. The summed E-state index contributed by atoms with van der Waals surface area (Å²) >= 11 is 9.29. The Morgan fingerprint density at radius 3 is 2.59 bits per heavy atom. The molecule has 166 valence electrons. The summed E-state index contributed by atoms with van der Waals surface area (Å²) in [6.07, 6.45) is 0.798. The van der Waals surface area contributed by atoms with Crippen molar-refractivity contribution in [3.63, 3.8) is 0 Å². The highest BCUT2D eigenvalue weighted by atomic mass is 79.9. The van der Waals surface area contributed by atoms with Gasteiger partial charge in [0.05, 0.1) is 4.90 Å². The summed E-state index contributed by atoms with van der Waals surface area (Å²) in [6, 6.07) is 16.8. The van der Waals surface area contributed by atoms with Gasteiger partial charge >= 0.3 is 0 Å². The van der Waals surface area contributed by atoms with Crippen LogP contribution in [0.1, 0.15) is 11.1 Å². The van der Waals surface area contributed by atoms with Crippen LogP contribution in [0.25, 0.3) is 0 Å². The molecule has 0 bridgehead atoms. The molecule has 9 heteroatoms. The van der Waals surface area contributed by atoms with Gasteiger partial charge in [0, 0.05) is 27.4 Å². The molecule has 1 amide bonds. The number of aryl methyl sites for hydroxylation is 1. The van der Waals surface area contributed by atoms with Gasteiger partial charge in [0.2, 0.25) is 0 Å². The van der Waals surface area contributed by atoms with E-state index in [2.05, 4.69) is 20.7 Å². The Morgan fingerprint density at radius 1 is 1.12 bits per heavy atom. The van der Waals surface area contributed by atoms with Crippen molar-refractivity contribution >= 4 is 54.8 Å². The molecule has 0 saturated heterocycles. The van der Waals surface area contributed by atoms with E-state index in [4.69, 9.17) is 16.3 Å². The molecule has 1 heterocycles. The fourth-order valence-corrected chi connectivity index (χ4v) is 5.21. The quantitative estimate of drug-likeness (QED) is 0.472. The lowest BCUT2D eigenvalue weighted by atomic mass is 10.2. The number of hydrogen-bond acceptors (Lipinski definition) is 4. The first kappa shape index (κ1) is 22.6. The lowest BCUT2D eigenvalue weighted by molar-refractivity contribution is -0.120. The number of ether oxygens (including phenoxy) is 1. The van der Waals surface area contributed by atoms with Crippen LogP contribution in [0, 0.1) is 6.92 Å². The molecule has 0 spiro atoms. The van der Waals surface area contributed by atoms with Gasteiger partial charge in [-0.05, 0) is 85.1 Å². The molecule has 0 fully saturated rings. The van der Waals surface area contributed by atoms with Crippen LogP contribution >= 0.6 is 27.5 Å². The Morgan fingerprint density at radius 2 is 1.88 bits per heavy atom. The predicted molar refractivity (Wildman–Crippen MR) is 129 cm³/mol. The van der Waals surface area contributed by atoms with Crippen molar-refractivity contribution in [2.75, 3.05) is 22.8 Å². The van der Waals surface area contributed by atoms with Gasteiger partial charge in [-0.3, -0.25) is 9.52 Å². The number of halogens is 2. The van der Waals surface area contributed by atoms with Crippen molar-refractivity contribution in [2.24, 2.45) is 0 Å². The molecule has 3 aromatic carbocycles. The SMILES string of the molecule is Cc1cc(S(=O)(=O)Nc2ccc(Cl)cc2)ccc1OCC(=O)N1CCc2cc(Br)ccc21. The monoisotopic (exact) mass is 534 g/mol. The number of fused-ring (bicyclic) bond motifs is 1. The normalized spacial score (nSPS) is 13.0. The van der Waals surface area contributed by atoms with Crippen LogP contribution in [0.15, 0.2) is 70.0 Å². The fourth-order valence-electron chi connectivity index (χ4n) is 3.53. The van der Waals surface area contributed by atoms with Gasteiger partial charge in [-0.2, -0.15) is 0 Å². The molecule has 0 aliphatic carbocycles. The zero-order chi connectivity index (χ0) is 22.9. The molecule has 1 aliphatic heterocycles. The lowest BCUT2D eigenvalue weighted by Crippen LogP contribution is -2.33. The summed E-state index contributed by atoms with van der Waals surface area (Å²) in [7, 11) is -3.77. The number of amides is 1. The molecule has 1 N–H and O–H groups in total. The second-order valence-electron chi connectivity index (χ2n) is 7.40. The second kappa shape index (κ2) is 9.13. The molecular formula is C23H20BrClN2O4S. The van der Waals surface area contributed by atoms with Crippen molar-refractivity contribution < 1.29 is 17.9 Å². The zero-order valence-corrected chi connectivity index (χ0v) is 20.3. The number of hydrogen-bond donors (Lipinski definition) is 1. The third kappa shape index (κ3) is 4.92. The molecule has 0 atom stereocenters. The molecule has 0 aromatic heterocycles. The Hall–Kier alpha value is -2.55. The number of benzene rings is 3. The highest BCUT2D eigenvalue weighted by molar-refractivity contribution is 9.10. The Balaban J connectivity index is 1.43. The fraction of sp³-hybridized carbons (Fsp3) is 0.174. The number of carbonyl (C=O) groups excluding carboxylic acids is 1. The number of nitrogens with zero attached hydrogens (tertiary/aromatic N) is 1. The number of carbonyl (C=O) groups is 1. The maximum Gasteiger partial charge on any atom is 0.264 e. The van der Waals surface area contributed by atoms with Crippen LogP contribution in [-0.4, -0.2) is 27.5 Å². The van der Waals surface area contributed by atoms with Crippen LogP contribution in [0.3, 0.4) is 0 Å². The molecule has 6 nitrogen and oxygen atoms in total. The molecule has 1 aliphatic rings. The van der Waals surface area contributed by atoms with E-state index in [1.54, 1.807) is 42.2 Å². The Kier molecular flexibility index (Phi) is 6.46. The van der Waals surface area contributed by atoms with E-state index in [-0.39, 0.29) is 17.4 Å². The molecular weight excluding hydrogens is 516 g/mol. The minimum atomic E-state index is -3.77. The van der Waals surface area contributed by atoms with Crippen molar-refractivity contribution in [2.45, 2.75) is 18.2 Å². The number of nitrogens with one attached hydrogen (secondary N) is 1. The Labute approximate surface area is 200 Å². The minimum absolute atomic E-state index is 0.0997. The van der Waals surface area contributed by atoms with Crippen LogP contribution in [0.4, 0.5) is 11.4 Å². The van der Waals surface area contributed by atoms with Gasteiger partial charge in [0.15, 0.2) is 6.61 Å². The van der Waals surface area contributed by atoms with E-state index in [1.807, 2.05) is 18.2 Å². The third-order valence-corrected chi connectivity index (χ3v) is 7.27. The molecule has 32 heavy (non-hydrogen) atoms. The molecule has 4 rings (SSSR count). The first-order chi connectivity index (χ1) is 15.2. The topological polar surface area (TPSA) is 75.7 Å². The molecule has 3 aromatic rings. The highest BCUT2D eigenvalue weighted by Gasteiger charge is 2.25. The minimum Gasteiger partial charge on any atom is -0.483 e. The van der Waals surface area contributed by atoms with Gasteiger partial charge in [0.25, 0.3) is 15.9 Å². The second-order valence-corrected chi connectivity index (χ2v) is 10.4. The van der Waals surface area contributed by atoms with Crippen LogP contribution in [-0.2, 0) is 21.2 Å². The first-order valence-corrected chi connectivity index (χ1v) is 12.5. The molecule has 0 saturated carbocycles. The van der Waals surface area contributed by atoms with Crippen molar-refractivity contribution in [1.29, 1.82) is 0 Å². The average molecular weight is 536 g/mol. The highest BCUT2D eigenvalue weighted by Crippen LogP contribution is 2.31. The van der Waals surface area contributed by atoms with E-state index in [0.29, 0.717) is 28.6 Å². The van der Waals surface area contributed by atoms with Gasteiger partial charge in [0.1, 0.15) is 5.75 Å². The lowest BCUT2D eigenvalue weighted by Gasteiger charge is -2.18. The Bertz CT molecular complexity index is 1280. The maximum absolute atomic E-state index is 12.7. The van der Waals surface area contributed by atoms with Crippen LogP contribution in [0.2, 0.25) is 5.02 Å². The van der Waals surface area contributed by atoms with E-state index < -0.39 is 10.0 Å². The average Bonchev–Trinajstić information content (AvgIpc) is 3.17. The van der Waals surface area contributed by atoms with Gasteiger partial charge < -0.3 is 9.64 Å². The maximum atomic E-state index is 12.7. The van der Waals surface area contributed by atoms with Crippen molar-refractivity contribution in [3.05, 3.63) is 81.3 Å². The van der Waals surface area contributed by atoms with Gasteiger partial charge in [-0.15, -0.1) is 0 Å².